The fourth-order valence-electron chi connectivity index (χ4n) is 3.25. The van der Waals surface area contributed by atoms with Crippen LogP contribution in [-0.4, -0.2) is 39.6 Å². The third-order valence-electron chi connectivity index (χ3n) is 4.66. The third kappa shape index (κ3) is 3.80. The van der Waals surface area contributed by atoms with E-state index in [1.54, 1.807) is 29.2 Å². The Balaban J connectivity index is 1.66. The molecule has 0 unspecified atom stereocenters. The zero-order chi connectivity index (χ0) is 19.3. The second-order valence-electron chi connectivity index (χ2n) is 6.64. The van der Waals surface area contributed by atoms with Crippen LogP contribution >= 0.6 is 0 Å². The molecule has 0 spiro atoms. The molecule has 0 atom stereocenters. The minimum Gasteiger partial charge on any atom is -0.455 e. The van der Waals surface area contributed by atoms with Crippen molar-refractivity contribution < 1.29 is 4.74 Å². The molecule has 1 saturated heterocycles. The van der Waals surface area contributed by atoms with E-state index in [9.17, 15) is 0 Å². The summed E-state index contributed by atoms with van der Waals surface area (Å²) >= 11 is 0. The van der Waals surface area contributed by atoms with Crippen LogP contribution in [0.3, 0.4) is 0 Å². The number of benzene rings is 1. The maximum atomic E-state index is 7.31. The van der Waals surface area contributed by atoms with Crippen molar-refractivity contribution >= 4 is 11.5 Å². The molecule has 1 aromatic carbocycles. The molecule has 8 heteroatoms. The molecule has 2 aromatic heterocycles. The summed E-state index contributed by atoms with van der Waals surface area (Å²) in [4.78, 5) is 5.71. The van der Waals surface area contributed by atoms with Gasteiger partial charge in [0.15, 0.2) is 17.3 Å². The first-order valence-corrected chi connectivity index (χ1v) is 9.28. The Morgan fingerprint density at radius 3 is 2.82 bits per heavy atom. The number of rotatable bonds is 6. The normalized spacial score (nSPS) is 13.5. The highest BCUT2D eigenvalue weighted by molar-refractivity contribution is 5.59. The smallest absolute Gasteiger partial charge is 0.191 e. The Bertz CT molecular complexity index is 1000. The number of nitrogens with zero attached hydrogens (tertiary/aromatic N) is 6. The van der Waals surface area contributed by atoms with Crippen molar-refractivity contribution in [3.8, 4) is 17.2 Å². The predicted octanol–water partition coefficient (Wildman–Crippen LogP) is 3.11. The molecule has 0 saturated carbocycles. The molecule has 2 N–H and O–H groups in total. The Labute approximate surface area is 163 Å². The number of ether oxygens (including phenoxy) is 1. The topological polar surface area (TPSA) is 86.5 Å². The van der Waals surface area contributed by atoms with Gasteiger partial charge >= 0.3 is 0 Å². The molecule has 1 aliphatic rings. The summed E-state index contributed by atoms with van der Waals surface area (Å²) in [5, 5.41) is 12.7. The van der Waals surface area contributed by atoms with Crippen LogP contribution in [0.15, 0.2) is 42.9 Å². The fourth-order valence-corrected chi connectivity index (χ4v) is 3.25. The average Bonchev–Trinajstić information content (AvgIpc) is 3.41. The van der Waals surface area contributed by atoms with Crippen LogP contribution in [0.4, 0.5) is 11.5 Å². The van der Waals surface area contributed by atoms with Gasteiger partial charge in [0.2, 0.25) is 0 Å². The Kier molecular flexibility index (Phi) is 5.17. The molecular weight excluding hydrogens is 354 g/mol. The molecule has 0 aliphatic carbocycles. The lowest BCUT2D eigenvalue weighted by atomic mass is 10.2. The molecule has 28 heavy (non-hydrogen) atoms. The van der Waals surface area contributed by atoms with E-state index in [0.717, 1.165) is 49.4 Å². The van der Waals surface area contributed by atoms with Crippen LogP contribution in [0, 0.1) is 6.57 Å². The van der Waals surface area contributed by atoms with Crippen LogP contribution in [0.1, 0.15) is 18.4 Å². The first-order chi connectivity index (χ1) is 13.8. The van der Waals surface area contributed by atoms with E-state index >= 15 is 0 Å². The minimum absolute atomic E-state index is 0.495. The predicted molar refractivity (Wildman–Crippen MR) is 106 cm³/mol. The highest BCUT2D eigenvalue weighted by Gasteiger charge is 2.16. The van der Waals surface area contributed by atoms with Crippen molar-refractivity contribution in [2.24, 2.45) is 5.73 Å². The summed E-state index contributed by atoms with van der Waals surface area (Å²) < 4.78 is 7.86. The van der Waals surface area contributed by atoms with Gasteiger partial charge in [-0.2, -0.15) is 10.2 Å². The molecule has 0 amide bonds. The average molecular weight is 375 g/mol. The van der Waals surface area contributed by atoms with Crippen LogP contribution in [0.25, 0.3) is 10.5 Å². The van der Waals surface area contributed by atoms with E-state index in [0.29, 0.717) is 23.7 Å². The number of hydrogen-bond donors (Lipinski definition) is 1. The van der Waals surface area contributed by atoms with Gasteiger partial charge in [0, 0.05) is 25.4 Å². The first kappa shape index (κ1) is 17.9. The zero-order valence-corrected chi connectivity index (χ0v) is 15.5. The van der Waals surface area contributed by atoms with Crippen molar-refractivity contribution in [1.82, 2.24) is 20.0 Å². The summed E-state index contributed by atoms with van der Waals surface area (Å²) in [5.74, 6) is 1.92. The number of nitrogens with two attached hydrogens (primary N) is 1. The SMILES string of the molecule is [C-]#[N+]c1ccc(-n2cc(CCN)cn2)c(Oc2cnnc(N3CCCC3)c2)c1. The van der Waals surface area contributed by atoms with E-state index in [-0.39, 0.29) is 0 Å². The fraction of sp³-hybridized carbons (Fsp3) is 0.300. The Hall–Kier alpha value is -3.44. The van der Waals surface area contributed by atoms with Gasteiger partial charge in [-0.3, -0.25) is 0 Å². The van der Waals surface area contributed by atoms with Crippen LogP contribution in [-0.2, 0) is 6.42 Å². The molecule has 1 fully saturated rings. The first-order valence-electron chi connectivity index (χ1n) is 9.28. The van der Waals surface area contributed by atoms with Gasteiger partial charge in [0.25, 0.3) is 0 Å². The number of anilines is 1. The lowest BCUT2D eigenvalue weighted by Crippen LogP contribution is -2.19. The van der Waals surface area contributed by atoms with E-state index in [1.165, 1.54) is 0 Å². The van der Waals surface area contributed by atoms with Gasteiger partial charge in [0.05, 0.1) is 19.0 Å². The van der Waals surface area contributed by atoms with E-state index in [1.807, 2.05) is 18.3 Å². The second kappa shape index (κ2) is 8.06. The zero-order valence-electron chi connectivity index (χ0n) is 15.5. The lowest BCUT2D eigenvalue weighted by molar-refractivity contribution is 0.474. The lowest BCUT2D eigenvalue weighted by Gasteiger charge is -2.17. The van der Waals surface area contributed by atoms with E-state index in [4.69, 9.17) is 17.0 Å². The Morgan fingerprint density at radius 2 is 2.04 bits per heavy atom. The summed E-state index contributed by atoms with van der Waals surface area (Å²) in [6, 6.07) is 7.18. The molecule has 8 nitrogen and oxygen atoms in total. The van der Waals surface area contributed by atoms with Crippen LogP contribution < -0.4 is 15.4 Å². The van der Waals surface area contributed by atoms with Gasteiger partial charge in [-0.15, -0.1) is 5.10 Å². The van der Waals surface area contributed by atoms with Crippen molar-refractivity contribution in [3.05, 3.63) is 59.8 Å². The molecule has 3 aromatic rings. The van der Waals surface area contributed by atoms with Crippen molar-refractivity contribution in [2.45, 2.75) is 19.3 Å². The van der Waals surface area contributed by atoms with Gasteiger partial charge in [-0.25, -0.2) is 9.53 Å². The highest BCUT2D eigenvalue weighted by atomic mass is 16.5. The van der Waals surface area contributed by atoms with E-state index in [2.05, 4.69) is 25.0 Å². The largest absolute Gasteiger partial charge is 0.455 e. The van der Waals surface area contributed by atoms with Gasteiger partial charge in [0.1, 0.15) is 11.4 Å². The molecular formula is C20H21N7O. The highest BCUT2D eigenvalue weighted by Crippen LogP contribution is 2.33. The quantitative estimate of drug-likeness (QED) is 0.666. The maximum Gasteiger partial charge on any atom is 0.191 e. The summed E-state index contributed by atoms with van der Waals surface area (Å²) in [7, 11) is 0. The van der Waals surface area contributed by atoms with Gasteiger partial charge in [-0.05, 0) is 43.5 Å². The van der Waals surface area contributed by atoms with Gasteiger partial charge < -0.3 is 15.4 Å². The minimum atomic E-state index is 0.495. The molecule has 3 heterocycles. The third-order valence-corrected chi connectivity index (χ3v) is 4.66. The van der Waals surface area contributed by atoms with Crippen LogP contribution in [0.5, 0.6) is 11.5 Å². The Morgan fingerprint density at radius 1 is 1.18 bits per heavy atom. The van der Waals surface area contributed by atoms with Gasteiger partial charge in [-0.1, -0.05) is 6.07 Å². The summed E-state index contributed by atoms with van der Waals surface area (Å²) in [6.07, 6.45) is 8.37. The standard InChI is InChI=1S/C20H21N7O/c1-22-16-4-5-18(27-14-15(6-7-21)12-24-27)19(10-16)28-17-11-20(25-23-13-17)26-8-2-3-9-26/h4-5,10-14H,2-3,6-9,21H2. The summed E-state index contributed by atoms with van der Waals surface area (Å²) in [6.45, 7) is 9.83. The van der Waals surface area contributed by atoms with Crippen molar-refractivity contribution in [3.63, 3.8) is 0 Å². The van der Waals surface area contributed by atoms with Crippen LogP contribution in [0.2, 0.25) is 0 Å². The summed E-state index contributed by atoms with van der Waals surface area (Å²) in [5.41, 5.74) is 7.92. The van der Waals surface area contributed by atoms with Crippen molar-refractivity contribution in [2.75, 3.05) is 24.5 Å². The molecule has 0 radical (unpaired) electrons. The molecule has 142 valence electrons. The molecule has 4 rings (SSSR count). The monoisotopic (exact) mass is 375 g/mol. The number of aromatic nitrogens is 4. The molecule has 0 bridgehead atoms. The second-order valence-corrected chi connectivity index (χ2v) is 6.64. The maximum absolute atomic E-state index is 7.31. The number of hydrogen-bond acceptors (Lipinski definition) is 6. The van der Waals surface area contributed by atoms with E-state index < -0.39 is 0 Å². The van der Waals surface area contributed by atoms with Crippen molar-refractivity contribution in [1.29, 1.82) is 0 Å². The molecule has 1 aliphatic heterocycles.